The molecule has 0 aromatic heterocycles. The lowest BCUT2D eigenvalue weighted by Crippen LogP contribution is -2.42. The first kappa shape index (κ1) is 27.0. The third-order valence-corrected chi connectivity index (χ3v) is 6.16. The van der Waals surface area contributed by atoms with Crippen molar-refractivity contribution in [1.29, 1.82) is 0 Å². The van der Waals surface area contributed by atoms with E-state index in [0.29, 0.717) is 35.2 Å². The van der Waals surface area contributed by atoms with E-state index in [4.69, 9.17) is 25.8 Å². The second-order valence-corrected chi connectivity index (χ2v) is 8.86. The average Bonchev–Trinajstić information content (AvgIpc) is 3.11. The van der Waals surface area contributed by atoms with Crippen molar-refractivity contribution >= 4 is 52.2 Å². The number of hydrogen-bond acceptors (Lipinski definition) is 9. The predicted molar refractivity (Wildman–Crippen MR) is 134 cm³/mol. The van der Waals surface area contributed by atoms with Crippen molar-refractivity contribution in [2.24, 2.45) is 0 Å². The number of nitro groups is 1. The van der Waals surface area contributed by atoms with Gasteiger partial charge in [-0.15, -0.1) is 0 Å². The first-order valence-corrected chi connectivity index (χ1v) is 12.1. The minimum atomic E-state index is -1.05. The van der Waals surface area contributed by atoms with Crippen LogP contribution >= 0.6 is 23.4 Å². The Morgan fingerprint density at radius 1 is 1.17 bits per heavy atom. The average molecular weight is 535 g/mol. The molecule has 1 aliphatic heterocycles. The van der Waals surface area contributed by atoms with Gasteiger partial charge in [-0.05, 0) is 74.0 Å². The number of nitrogens with zero attached hydrogens (tertiary/aromatic N) is 2. The Balaban J connectivity index is 1.82. The highest BCUT2D eigenvalue weighted by Crippen LogP contribution is 2.40. The van der Waals surface area contributed by atoms with E-state index in [1.54, 1.807) is 38.1 Å². The third-order valence-electron chi connectivity index (χ3n) is 5.00. The van der Waals surface area contributed by atoms with Gasteiger partial charge < -0.3 is 14.2 Å². The van der Waals surface area contributed by atoms with Crippen LogP contribution in [0.4, 0.5) is 10.5 Å². The van der Waals surface area contributed by atoms with Crippen LogP contribution in [0.5, 0.6) is 11.5 Å². The van der Waals surface area contributed by atoms with Gasteiger partial charge in [0.05, 0.1) is 28.1 Å². The normalized spacial score (nSPS) is 15.2. The predicted octanol–water partition coefficient (Wildman–Crippen LogP) is 5.21. The van der Waals surface area contributed by atoms with Gasteiger partial charge in [0.25, 0.3) is 16.8 Å². The number of amides is 2. The van der Waals surface area contributed by atoms with E-state index >= 15 is 0 Å². The number of non-ortho nitro benzene ring substituents is 1. The highest BCUT2D eigenvalue weighted by Gasteiger charge is 2.41. The van der Waals surface area contributed by atoms with Gasteiger partial charge in [0, 0.05) is 12.1 Å². The number of ether oxygens (including phenoxy) is 3. The highest BCUT2D eigenvalue weighted by molar-refractivity contribution is 8.18. The van der Waals surface area contributed by atoms with Crippen molar-refractivity contribution in [3.63, 3.8) is 0 Å². The van der Waals surface area contributed by atoms with Crippen LogP contribution in [0.3, 0.4) is 0 Å². The third kappa shape index (κ3) is 6.16. The lowest BCUT2D eigenvalue weighted by atomic mass is 10.1. The molecule has 190 valence electrons. The minimum Gasteiger partial charge on any atom is -0.490 e. The molecule has 1 aliphatic rings. The van der Waals surface area contributed by atoms with Crippen molar-refractivity contribution < 1.29 is 33.5 Å². The maximum atomic E-state index is 12.8. The molecule has 10 nitrogen and oxygen atoms in total. The fraction of sp³-hybridized carbons (Fsp3) is 0.292. The smallest absolute Gasteiger partial charge is 0.329 e. The van der Waals surface area contributed by atoms with Crippen LogP contribution in [0.1, 0.15) is 31.9 Å². The second-order valence-electron chi connectivity index (χ2n) is 7.45. The maximum absolute atomic E-state index is 12.8. The standard InChI is InChI=1S/C24H23ClN2O8S/c1-4-33-19-11-16(12-20-22(28)26(24(30)36-20)14(3)23(29)34-5-2)10-18(25)21(19)35-13-15-6-8-17(9-7-15)27(31)32/h6-12,14H,4-5,13H2,1-3H3/b20-12+/t14-/m1/s1. The van der Waals surface area contributed by atoms with E-state index in [9.17, 15) is 24.5 Å². The molecule has 1 heterocycles. The Bertz CT molecular complexity index is 1220. The quantitative estimate of drug-likeness (QED) is 0.175. The van der Waals surface area contributed by atoms with Crippen LogP contribution in [0.15, 0.2) is 41.3 Å². The summed E-state index contributed by atoms with van der Waals surface area (Å²) in [4.78, 5) is 48.6. The topological polar surface area (TPSA) is 125 Å². The molecule has 0 aliphatic carbocycles. The number of nitro benzene ring substituents is 1. The molecule has 3 rings (SSSR count). The summed E-state index contributed by atoms with van der Waals surface area (Å²) in [6.07, 6.45) is 1.48. The number of carbonyl (C=O) groups is 3. The first-order chi connectivity index (χ1) is 17.2. The number of halogens is 1. The van der Waals surface area contributed by atoms with Crippen LogP contribution < -0.4 is 9.47 Å². The number of thioether (sulfide) groups is 1. The van der Waals surface area contributed by atoms with E-state index in [1.807, 2.05) is 0 Å². The number of carbonyl (C=O) groups excluding carboxylic acids is 3. The Labute approximate surface area is 216 Å². The molecular weight excluding hydrogens is 512 g/mol. The summed E-state index contributed by atoms with van der Waals surface area (Å²) in [7, 11) is 0. The summed E-state index contributed by atoms with van der Waals surface area (Å²) in [5.41, 5.74) is 1.14. The van der Waals surface area contributed by atoms with E-state index < -0.39 is 28.1 Å². The first-order valence-electron chi connectivity index (χ1n) is 10.9. The van der Waals surface area contributed by atoms with Crippen LogP contribution in [-0.4, -0.2) is 46.2 Å². The van der Waals surface area contributed by atoms with Crippen LogP contribution in [0, 0.1) is 10.1 Å². The molecule has 1 fully saturated rings. The summed E-state index contributed by atoms with van der Waals surface area (Å²) in [5.74, 6) is -0.703. The van der Waals surface area contributed by atoms with Crippen LogP contribution in [0.25, 0.3) is 6.08 Å². The van der Waals surface area contributed by atoms with E-state index in [2.05, 4.69) is 0 Å². The fourth-order valence-electron chi connectivity index (χ4n) is 3.28. The number of rotatable bonds is 10. The Kier molecular flexibility index (Phi) is 8.94. The van der Waals surface area contributed by atoms with Crippen molar-refractivity contribution in [2.45, 2.75) is 33.4 Å². The summed E-state index contributed by atoms with van der Waals surface area (Å²) < 4.78 is 16.4. The summed E-state index contributed by atoms with van der Waals surface area (Å²) in [6, 6.07) is 8.02. The van der Waals surface area contributed by atoms with Crippen LogP contribution in [0.2, 0.25) is 5.02 Å². The monoisotopic (exact) mass is 534 g/mol. The molecule has 0 spiro atoms. The minimum absolute atomic E-state index is 0.0304. The van der Waals surface area contributed by atoms with Gasteiger partial charge in [-0.25, -0.2) is 4.79 Å². The van der Waals surface area contributed by atoms with Gasteiger partial charge in [0.15, 0.2) is 11.5 Å². The second kappa shape index (κ2) is 11.9. The molecule has 0 radical (unpaired) electrons. The molecule has 36 heavy (non-hydrogen) atoms. The SMILES string of the molecule is CCOC(=O)[C@@H](C)N1C(=O)S/C(=C/c2cc(Cl)c(OCc3ccc([N+](=O)[O-])cc3)c(OCC)c2)C1=O. The highest BCUT2D eigenvalue weighted by atomic mass is 35.5. The summed E-state index contributed by atoms with van der Waals surface area (Å²) in [5, 5.41) is 10.4. The van der Waals surface area contributed by atoms with Gasteiger partial charge in [-0.1, -0.05) is 11.6 Å². The number of benzene rings is 2. The molecule has 2 aromatic carbocycles. The van der Waals surface area contributed by atoms with Crippen molar-refractivity contribution in [2.75, 3.05) is 13.2 Å². The van der Waals surface area contributed by atoms with E-state index in [-0.39, 0.29) is 34.6 Å². The summed E-state index contributed by atoms with van der Waals surface area (Å²) in [6.45, 7) is 5.37. The molecule has 0 bridgehead atoms. The number of esters is 1. The molecule has 0 saturated carbocycles. The molecule has 2 aromatic rings. The molecule has 1 saturated heterocycles. The molecule has 0 unspecified atom stereocenters. The summed E-state index contributed by atoms with van der Waals surface area (Å²) >= 11 is 7.16. The lowest BCUT2D eigenvalue weighted by Gasteiger charge is -2.19. The van der Waals surface area contributed by atoms with Gasteiger partial charge in [-0.3, -0.25) is 24.6 Å². The zero-order valence-corrected chi connectivity index (χ0v) is 21.3. The van der Waals surface area contributed by atoms with E-state index in [0.717, 1.165) is 4.90 Å². The van der Waals surface area contributed by atoms with Gasteiger partial charge in [-0.2, -0.15) is 0 Å². The largest absolute Gasteiger partial charge is 0.490 e. The molecule has 12 heteroatoms. The van der Waals surface area contributed by atoms with Crippen molar-refractivity contribution in [1.82, 2.24) is 4.90 Å². The lowest BCUT2D eigenvalue weighted by molar-refractivity contribution is -0.384. The zero-order valence-electron chi connectivity index (χ0n) is 19.7. The van der Waals surface area contributed by atoms with Crippen molar-refractivity contribution in [3.05, 3.63) is 67.6 Å². The van der Waals surface area contributed by atoms with Gasteiger partial charge in [0.1, 0.15) is 12.6 Å². The van der Waals surface area contributed by atoms with E-state index in [1.165, 1.54) is 25.1 Å². The zero-order chi connectivity index (χ0) is 26.4. The molecular formula is C24H23ClN2O8S. The Hall–Kier alpha value is -3.57. The van der Waals surface area contributed by atoms with Gasteiger partial charge >= 0.3 is 5.97 Å². The van der Waals surface area contributed by atoms with Crippen molar-refractivity contribution in [3.8, 4) is 11.5 Å². The molecule has 2 amide bonds. The van der Waals surface area contributed by atoms with Gasteiger partial charge in [0.2, 0.25) is 0 Å². The Morgan fingerprint density at radius 3 is 2.47 bits per heavy atom. The maximum Gasteiger partial charge on any atom is 0.329 e. The molecule has 1 atom stereocenters. The number of imide groups is 1. The molecule has 0 N–H and O–H groups in total. The van der Waals surface area contributed by atoms with Crippen LogP contribution in [-0.2, 0) is 20.9 Å². The Morgan fingerprint density at radius 2 is 1.86 bits per heavy atom. The fourth-order valence-corrected chi connectivity index (χ4v) is 4.46. The number of hydrogen-bond donors (Lipinski definition) is 0.